The van der Waals surface area contributed by atoms with Gasteiger partial charge in [-0.2, -0.15) is 0 Å². The highest BCUT2D eigenvalue weighted by Crippen LogP contribution is 2.47. The monoisotopic (exact) mass is 407 g/mol. The van der Waals surface area contributed by atoms with Crippen LogP contribution in [-0.4, -0.2) is 32.7 Å². The Morgan fingerprint density at radius 3 is 2.70 bits per heavy atom. The smallest absolute Gasteiger partial charge is 0.252 e. The quantitative estimate of drug-likeness (QED) is 0.578. The second kappa shape index (κ2) is 7.70. The lowest BCUT2D eigenvalue weighted by molar-refractivity contribution is 0.0998. The van der Waals surface area contributed by atoms with Crippen molar-refractivity contribution in [3.05, 3.63) is 65.7 Å². The third-order valence-electron chi connectivity index (χ3n) is 5.57. The van der Waals surface area contributed by atoms with Gasteiger partial charge in [0.2, 0.25) is 0 Å². The van der Waals surface area contributed by atoms with Crippen LogP contribution in [0.2, 0.25) is 0 Å². The van der Waals surface area contributed by atoms with Crippen molar-refractivity contribution in [2.75, 3.05) is 11.9 Å². The Kier molecular flexibility index (Phi) is 5.07. The minimum Gasteiger partial charge on any atom is -0.507 e. The first-order chi connectivity index (χ1) is 14.4. The maximum atomic E-state index is 14.3. The van der Waals surface area contributed by atoms with E-state index in [1.807, 2.05) is 0 Å². The number of aromatic nitrogens is 3. The molecule has 0 spiro atoms. The molecule has 0 unspecified atom stereocenters. The summed E-state index contributed by atoms with van der Waals surface area (Å²) in [5, 5.41) is 21.4. The first kappa shape index (κ1) is 19.8. The minimum absolute atomic E-state index is 0.0231. The van der Waals surface area contributed by atoms with Crippen LogP contribution >= 0.6 is 0 Å². The summed E-state index contributed by atoms with van der Waals surface area (Å²) in [7, 11) is 0. The first-order valence-electron chi connectivity index (χ1n) is 9.70. The van der Waals surface area contributed by atoms with Crippen LogP contribution in [0.5, 0.6) is 5.75 Å². The number of nitrogens with one attached hydrogen (secondary N) is 1. The molecule has 1 saturated carbocycles. The molecule has 3 aromatic rings. The molecule has 1 amide bonds. The Balaban J connectivity index is 1.51. The molecule has 0 atom stereocenters. The molecule has 2 heterocycles. The van der Waals surface area contributed by atoms with E-state index in [1.165, 1.54) is 18.2 Å². The molecule has 4 rings (SSSR count). The summed E-state index contributed by atoms with van der Waals surface area (Å²) in [4.78, 5) is 15.7. The molecular weight excluding hydrogens is 385 g/mol. The van der Waals surface area contributed by atoms with Crippen LogP contribution in [0.1, 0.15) is 35.8 Å². The summed E-state index contributed by atoms with van der Waals surface area (Å²) in [6, 6.07) is 11.1. The second-order valence-corrected chi connectivity index (χ2v) is 7.88. The van der Waals surface area contributed by atoms with Crippen molar-refractivity contribution >= 4 is 11.7 Å². The number of carbonyl (C=O) groups excluding carboxylic acids is 1. The van der Waals surface area contributed by atoms with Gasteiger partial charge in [-0.25, -0.2) is 4.39 Å². The number of phenols is 1. The molecule has 1 aromatic carbocycles. The van der Waals surface area contributed by atoms with Gasteiger partial charge in [-0.05, 0) is 61.2 Å². The fraction of sp³-hybridized carbons (Fsp3) is 0.273. The molecule has 1 aliphatic carbocycles. The van der Waals surface area contributed by atoms with Crippen LogP contribution < -0.4 is 11.1 Å². The molecule has 1 aliphatic rings. The van der Waals surface area contributed by atoms with Crippen LogP contribution in [-0.2, 0) is 5.41 Å². The fourth-order valence-electron chi connectivity index (χ4n) is 4.20. The molecule has 2 aromatic heterocycles. The summed E-state index contributed by atoms with van der Waals surface area (Å²) >= 11 is 0. The van der Waals surface area contributed by atoms with Crippen molar-refractivity contribution in [3.63, 3.8) is 0 Å². The van der Waals surface area contributed by atoms with Crippen molar-refractivity contribution in [1.82, 2.24) is 15.2 Å². The first-order valence-corrected chi connectivity index (χ1v) is 9.70. The number of primary amides is 1. The molecule has 30 heavy (non-hydrogen) atoms. The van der Waals surface area contributed by atoms with Gasteiger partial charge in [0.15, 0.2) is 0 Å². The van der Waals surface area contributed by atoms with Gasteiger partial charge >= 0.3 is 0 Å². The van der Waals surface area contributed by atoms with E-state index in [1.54, 1.807) is 30.5 Å². The second-order valence-electron chi connectivity index (χ2n) is 7.88. The van der Waals surface area contributed by atoms with Gasteiger partial charge in [0.1, 0.15) is 17.4 Å². The summed E-state index contributed by atoms with van der Waals surface area (Å²) in [6.45, 7) is 2.65. The van der Waals surface area contributed by atoms with Gasteiger partial charge in [0, 0.05) is 23.7 Å². The van der Waals surface area contributed by atoms with Gasteiger partial charge in [-0.15, -0.1) is 10.2 Å². The molecule has 1 fully saturated rings. The van der Waals surface area contributed by atoms with Gasteiger partial charge in [0.25, 0.3) is 5.91 Å². The van der Waals surface area contributed by atoms with E-state index in [0.717, 1.165) is 12.8 Å². The zero-order valence-electron chi connectivity index (χ0n) is 16.5. The maximum absolute atomic E-state index is 14.3. The van der Waals surface area contributed by atoms with E-state index in [0.29, 0.717) is 35.2 Å². The number of hydrogen-bond donors (Lipinski definition) is 3. The Morgan fingerprint density at radius 2 is 2.07 bits per heavy atom. The van der Waals surface area contributed by atoms with Crippen LogP contribution in [0.15, 0.2) is 48.7 Å². The summed E-state index contributed by atoms with van der Waals surface area (Å²) in [5.41, 5.74) is 6.57. The Bertz CT molecular complexity index is 1080. The number of pyridine rings is 1. The number of anilines is 1. The molecule has 4 N–H and O–H groups in total. The average molecular weight is 407 g/mol. The van der Waals surface area contributed by atoms with E-state index >= 15 is 0 Å². The highest BCUT2D eigenvalue weighted by Gasteiger charge is 2.46. The molecule has 8 heteroatoms. The standard InChI is InChI=1S/C22H22FN5O2/c1-13-10-22(11-13,20-16(23)3-2-8-25-20)12-26-19-7-5-17(27-28-19)14-4-6-18(29)15(9-14)21(24)30/h2-9,13,29H,10-12H2,1H3,(H2,24,30)(H,26,28). The molecular formula is C22H22FN5O2. The van der Waals surface area contributed by atoms with E-state index in [4.69, 9.17) is 5.73 Å². The molecule has 7 nitrogen and oxygen atoms in total. The van der Waals surface area contributed by atoms with Crippen LogP contribution in [0.25, 0.3) is 11.3 Å². The van der Waals surface area contributed by atoms with Crippen molar-refractivity contribution in [1.29, 1.82) is 0 Å². The highest BCUT2D eigenvalue weighted by atomic mass is 19.1. The van der Waals surface area contributed by atoms with Crippen LogP contribution in [0.3, 0.4) is 0 Å². The van der Waals surface area contributed by atoms with Crippen molar-refractivity contribution in [2.45, 2.75) is 25.2 Å². The van der Waals surface area contributed by atoms with Crippen LogP contribution in [0.4, 0.5) is 10.2 Å². The number of aromatic hydroxyl groups is 1. The van der Waals surface area contributed by atoms with E-state index in [9.17, 15) is 14.3 Å². The number of benzene rings is 1. The van der Waals surface area contributed by atoms with E-state index in [2.05, 4.69) is 27.4 Å². The predicted molar refractivity (Wildman–Crippen MR) is 110 cm³/mol. The van der Waals surface area contributed by atoms with Gasteiger partial charge in [-0.1, -0.05) is 6.92 Å². The summed E-state index contributed by atoms with van der Waals surface area (Å²) in [5.74, 6) is -0.120. The third kappa shape index (κ3) is 3.68. The molecule has 0 radical (unpaired) electrons. The predicted octanol–water partition coefficient (Wildman–Crippen LogP) is 3.26. The van der Waals surface area contributed by atoms with Crippen molar-refractivity contribution < 1.29 is 14.3 Å². The summed E-state index contributed by atoms with van der Waals surface area (Å²) in [6.07, 6.45) is 3.32. The molecule has 0 saturated heterocycles. The maximum Gasteiger partial charge on any atom is 0.252 e. The number of amides is 1. The van der Waals surface area contributed by atoms with Gasteiger partial charge in [0.05, 0.1) is 17.0 Å². The number of rotatable bonds is 6. The van der Waals surface area contributed by atoms with Gasteiger partial charge < -0.3 is 16.2 Å². The van der Waals surface area contributed by atoms with Gasteiger partial charge in [-0.3, -0.25) is 9.78 Å². The number of hydrogen-bond acceptors (Lipinski definition) is 6. The third-order valence-corrected chi connectivity index (χ3v) is 5.57. The summed E-state index contributed by atoms with van der Waals surface area (Å²) < 4.78 is 14.3. The normalized spacial score (nSPS) is 20.4. The molecule has 154 valence electrons. The Morgan fingerprint density at radius 1 is 1.27 bits per heavy atom. The zero-order chi connectivity index (χ0) is 21.3. The highest BCUT2D eigenvalue weighted by molar-refractivity contribution is 5.96. The van der Waals surface area contributed by atoms with Crippen molar-refractivity contribution in [2.24, 2.45) is 11.7 Å². The molecule has 0 bridgehead atoms. The molecule has 0 aliphatic heterocycles. The number of carbonyl (C=O) groups is 1. The van der Waals surface area contributed by atoms with Crippen molar-refractivity contribution in [3.8, 4) is 17.0 Å². The lowest BCUT2D eigenvalue weighted by Crippen LogP contribution is -2.47. The number of nitrogens with two attached hydrogens (primary N) is 1. The number of halogens is 1. The zero-order valence-corrected chi connectivity index (χ0v) is 16.5. The minimum atomic E-state index is -0.720. The van der Waals surface area contributed by atoms with Crippen LogP contribution in [0, 0.1) is 11.7 Å². The number of nitrogens with zero attached hydrogens (tertiary/aromatic N) is 3. The SMILES string of the molecule is CC1CC(CNc2ccc(-c3ccc(O)c(C(N)=O)c3)nn2)(c2ncccc2F)C1. The largest absolute Gasteiger partial charge is 0.507 e. The Hall–Kier alpha value is -3.55. The van der Waals surface area contributed by atoms with E-state index < -0.39 is 5.91 Å². The van der Waals surface area contributed by atoms with E-state index in [-0.39, 0.29) is 22.5 Å². The fourth-order valence-corrected chi connectivity index (χ4v) is 4.20. The lowest BCUT2D eigenvalue weighted by atomic mass is 9.60. The Labute approximate surface area is 173 Å². The topological polar surface area (TPSA) is 114 Å². The lowest BCUT2D eigenvalue weighted by Gasteiger charge is -2.46. The average Bonchev–Trinajstić information content (AvgIpc) is 2.71.